The zero-order chi connectivity index (χ0) is 16.0. The van der Waals surface area contributed by atoms with Gasteiger partial charge >= 0.3 is 0 Å². The maximum Gasteiger partial charge on any atom is 0.257 e. The molecule has 3 heterocycles. The quantitative estimate of drug-likeness (QED) is 0.615. The fourth-order valence-electron chi connectivity index (χ4n) is 2.57. The Morgan fingerprint density at radius 1 is 1.13 bits per heavy atom. The summed E-state index contributed by atoms with van der Waals surface area (Å²) in [6.45, 7) is 0. The summed E-state index contributed by atoms with van der Waals surface area (Å²) < 4.78 is 3.58. The Morgan fingerprint density at radius 2 is 2.00 bits per heavy atom. The molecule has 7 heteroatoms. The molecule has 0 spiro atoms. The molecule has 7 nitrogen and oxygen atoms in total. The van der Waals surface area contributed by atoms with E-state index in [9.17, 15) is 4.79 Å². The van der Waals surface area contributed by atoms with Crippen LogP contribution in [0.5, 0.6) is 0 Å². The van der Waals surface area contributed by atoms with Gasteiger partial charge in [-0.3, -0.25) is 9.48 Å². The highest BCUT2D eigenvalue weighted by Gasteiger charge is 2.11. The van der Waals surface area contributed by atoms with Gasteiger partial charge in [0.25, 0.3) is 5.91 Å². The Kier molecular flexibility index (Phi) is 2.87. The topological polar surface area (TPSA) is 77.6 Å². The number of hydrogen-bond acceptors (Lipinski definition) is 4. The number of imidazole rings is 1. The van der Waals surface area contributed by atoms with Crippen LogP contribution in [0.3, 0.4) is 0 Å². The van der Waals surface area contributed by atoms with Crippen molar-refractivity contribution in [3.8, 4) is 0 Å². The second-order valence-electron chi connectivity index (χ2n) is 5.42. The lowest BCUT2D eigenvalue weighted by atomic mass is 10.2. The van der Waals surface area contributed by atoms with Crippen molar-refractivity contribution in [1.82, 2.24) is 24.3 Å². The molecule has 1 amide bonds. The van der Waals surface area contributed by atoms with E-state index in [2.05, 4.69) is 20.4 Å². The van der Waals surface area contributed by atoms with Crippen LogP contribution >= 0.6 is 0 Å². The predicted molar refractivity (Wildman–Crippen MR) is 87.2 cm³/mol. The number of carbonyl (C=O) groups is 1. The summed E-state index contributed by atoms with van der Waals surface area (Å²) >= 11 is 0. The van der Waals surface area contributed by atoms with Crippen molar-refractivity contribution in [3.63, 3.8) is 0 Å². The molecule has 0 bridgehead atoms. The molecule has 0 fully saturated rings. The Morgan fingerprint density at radius 3 is 2.87 bits per heavy atom. The van der Waals surface area contributed by atoms with Crippen molar-refractivity contribution in [2.75, 3.05) is 5.32 Å². The molecule has 23 heavy (non-hydrogen) atoms. The van der Waals surface area contributed by atoms with Gasteiger partial charge in [-0.1, -0.05) is 0 Å². The fraction of sp³-hybridized carbons (Fsp3) is 0.125. The average molecular weight is 306 g/mol. The van der Waals surface area contributed by atoms with Crippen molar-refractivity contribution >= 4 is 33.7 Å². The van der Waals surface area contributed by atoms with Gasteiger partial charge in [-0.05, 0) is 24.3 Å². The lowest BCUT2D eigenvalue weighted by molar-refractivity contribution is 0.102. The summed E-state index contributed by atoms with van der Waals surface area (Å²) in [6, 6.07) is 7.42. The normalized spacial score (nSPS) is 11.2. The van der Waals surface area contributed by atoms with Crippen molar-refractivity contribution in [3.05, 3.63) is 48.5 Å². The van der Waals surface area contributed by atoms with Gasteiger partial charge in [0.05, 0.1) is 23.6 Å². The first-order chi connectivity index (χ1) is 11.1. The van der Waals surface area contributed by atoms with Crippen LogP contribution in [0.15, 0.2) is 43.0 Å². The molecule has 0 aliphatic rings. The minimum Gasteiger partial charge on any atom is -0.322 e. The van der Waals surface area contributed by atoms with Gasteiger partial charge in [0.1, 0.15) is 5.52 Å². The van der Waals surface area contributed by atoms with E-state index in [0.717, 1.165) is 16.6 Å². The number of nitrogens with one attached hydrogen (secondary N) is 1. The van der Waals surface area contributed by atoms with Crippen molar-refractivity contribution < 1.29 is 4.79 Å². The molecule has 114 valence electrons. The molecule has 4 rings (SSSR count). The Bertz CT molecular complexity index is 1050. The third kappa shape index (κ3) is 2.22. The molecule has 0 radical (unpaired) electrons. The second kappa shape index (κ2) is 4.91. The largest absolute Gasteiger partial charge is 0.322 e. The number of fused-ring (bicyclic) bond motifs is 2. The molecule has 1 aromatic carbocycles. The number of hydrogen-bond donors (Lipinski definition) is 1. The second-order valence-corrected chi connectivity index (χ2v) is 5.42. The number of carbonyl (C=O) groups excluding carboxylic acids is 1. The molecule has 0 saturated carbocycles. The van der Waals surface area contributed by atoms with Crippen LogP contribution < -0.4 is 5.32 Å². The molecule has 0 aliphatic heterocycles. The van der Waals surface area contributed by atoms with E-state index in [-0.39, 0.29) is 5.91 Å². The number of anilines is 1. The number of amides is 1. The first-order valence-corrected chi connectivity index (χ1v) is 7.12. The Labute approximate surface area is 131 Å². The van der Waals surface area contributed by atoms with Crippen LogP contribution in [0.1, 0.15) is 10.4 Å². The number of rotatable bonds is 2. The molecule has 0 aliphatic carbocycles. The summed E-state index contributed by atoms with van der Waals surface area (Å²) in [5.74, 6) is -0.216. The monoisotopic (exact) mass is 306 g/mol. The predicted octanol–water partition coefficient (Wildman–Crippen LogP) is 2.11. The Balaban J connectivity index is 1.65. The van der Waals surface area contributed by atoms with Crippen molar-refractivity contribution in [1.29, 1.82) is 0 Å². The average Bonchev–Trinajstić information content (AvgIpc) is 3.11. The van der Waals surface area contributed by atoms with Gasteiger partial charge in [-0.25, -0.2) is 9.97 Å². The molecule has 3 aromatic heterocycles. The number of nitrogens with zero attached hydrogens (tertiary/aromatic N) is 5. The minimum atomic E-state index is -0.216. The summed E-state index contributed by atoms with van der Waals surface area (Å²) in [5.41, 5.74) is 3.59. The summed E-state index contributed by atoms with van der Waals surface area (Å²) in [7, 11) is 3.73. The molecule has 4 aromatic rings. The summed E-state index contributed by atoms with van der Waals surface area (Å²) in [5, 5.41) is 8.11. The minimum absolute atomic E-state index is 0.216. The van der Waals surface area contributed by atoms with Crippen molar-refractivity contribution in [2.45, 2.75) is 0 Å². The van der Waals surface area contributed by atoms with Crippen LogP contribution in [0.4, 0.5) is 5.69 Å². The number of aryl methyl sites for hydroxylation is 2. The third-order valence-corrected chi connectivity index (χ3v) is 3.82. The van der Waals surface area contributed by atoms with E-state index in [4.69, 9.17) is 0 Å². The fourth-order valence-corrected chi connectivity index (χ4v) is 2.57. The van der Waals surface area contributed by atoms with E-state index in [1.54, 1.807) is 29.5 Å². The molecular weight excluding hydrogens is 292 g/mol. The maximum atomic E-state index is 12.4. The van der Waals surface area contributed by atoms with E-state index in [0.29, 0.717) is 16.8 Å². The molecular formula is C16H14N6O. The van der Waals surface area contributed by atoms with E-state index in [1.165, 1.54) is 0 Å². The lowest BCUT2D eigenvalue weighted by Gasteiger charge is -2.06. The van der Waals surface area contributed by atoms with Gasteiger partial charge in [-0.15, -0.1) is 0 Å². The van der Waals surface area contributed by atoms with Gasteiger partial charge < -0.3 is 9.88 Å². The van der Waals surface area contributed by atoms with Gasteiger partial charge in [0.2, 0.25) is 0 Å². The Hall–Kier alpha value is -3.22. The standard InChI is InChI=1S/C16H14N6O/c1-21-9-18-13-5-11(7-17-15(13)21)16(23)20-12-4-3-10-8-19-22(2)14(10)6-12/h3-9H,1-2H3,(H,20,23). The van der Waals surface area contributed by atoms with Crippen molar-refractivity contribution in [2.24, 2.45) is 14.1 Å². The number of benzene rings is 1. The van der Waals surface area contributed by atoms with E-state index in [1.807, 2.05) is 36.9 Å². The molecule has 0 atom stereocenters. The first-order valence-electron chi connectivity index (χ1n) is 7.12. The molecule has 0 unspecified atom stereocenters. The van der Waals surface area contributed by atoms with Gasteiger partial charge in [0, 0.05) is 31.4 Å². The summed E-state index contributed by atoms with van der Waals surface area (Å²) in [4.78, 5) is 20.9. The highest BCUT2D eigenvalue weighted by molar-refractivity contribution is 6.06. The van der Waals surface area contributed by atoms with Crippen LogP contribution in [0.25, 0.3) is 22.1 Å². The first kappa shape index (κ1) is 13.4. The zero-order valence-electron chi connectivity index (χ0n) is 12.7. The summed E-state index contributed by atoms with van der Waals surface area (Å²) in [6.07, 6.45) is 5.03. The van der Waals surface area contributed by atoms with Crippen LogP contribution in [0.2, 0.25) is 0 Å². The third-order valence-electron chi connectivity index (χ3n) is 3.82. The SMILES string of the molecule is Cn1cnc2cc(C(=O)Nc3ccc4cnn(C)c4c3)cnc21. The van der Waals surface area contributed by atoms with Crippen LogP contribution in [0, 0.1) is 0 Å². The van der Waals surface area contributed by atoms with Crippen LogP contribution in [-0.4, -0.2) is 30.2 Å². The number of aromatic nitrogens is 5. The van der Waals surface area contributed by atoms with E-state index < -0.39 is 0 Å². The molecule has 1 N–H and O–H groups in total. The smallest absolute Gasteiger partial charge is 0.257 e. The molecule has 0 saturated heterocycles. The van der Waals surface area contributed by atoms with E-state index >= 15 is 0 Å². The highest BCUT2D eigenvalue weighted by atomic mass is 16.1. The highest BCUT2D eigenvalue weighted by Crippen LogP contribution is 2.19. The number of pyridine rings is 1. The maximum absolute atomic E-state index is 12.4. The lowest BCUT2D eigenvalue weighted by Crippen LogP contribution is -2.12. The van der Waals surface area contributed by atoms with Gasteiger partial charge in [-0.2, -0.15) is 5.10 Å². The van der Waals surface area contributed by atoms with Gasteiger partial charge in [0.15, 0.2) is 5.65 Å². The zero-order valence-corrected chi connectivity index (χ0v) is 12.7. The van der Waals surface area contributed by atoms with Crippen LogP contribution in [-0.2, 0) is 14.1 Å².